The van der Waals surface area contributed by atoms with Crippen LogP contribution in [-0.4, -0.2) is 41.6 Å². The Morgan fingerprint density at radius 1 is 1.38 bits per heavy atom. The van der Waals surface area contributed by atoms with E-state index in [0.717, 1.165) is 29.7 Å². The number of likely N-dealkylation sites (tertiary alicyclic amines) is 1. The number of rotatable bonds is 4. The lowest BCUT2D eigenvalue weighted by Crippen LogP contribution is -2.48. The first-order valence-corrected chi connectivity index (χ1v) is 7.18. The Morgan fingerprint density at radius 2 is 2.14 bits per heavy atom. The Balaban J connectivity index is 2.11. The van der Waals surface area contributed by atoms with E-state index in [1.54, 1.807) is 7.11 Å². The summed E-state index contributed by atoms with van der Waals surface area (Å²) in [6.45, 7) is 2.47. The van der Waals surface area contributed by atoms with Crippen LogP contribution in [0.4, 0.5) is 0 Å². The van der Waals surface area contributed by atoms with E-state index in [9.17, 15) is 14.7 Å². The number of amides is 1. The van der Waals surface area contributed by atoms with E-state index in [1.807, 2.05) is 25.1 Å². The molecule has 0 saturated carbocycles. The second kappa shape index (κ2) is 6.61. The molecule has 2 rings (SSSR count). The molecule has 1 aromatic rings. The fourth-order valence-corrected chi connectivity index (χ4v) is 2.74. The van der Waals surface area contributed by atoms with Gasteiger partial charge in [0, 0.05) is 6.54 Å². The van der Waals surface area contributed by atoms with Gasteiger partial charge in [-0.1, -0.05) is 12.1 Å². The zero-order valence-electron chi connectivity index (χ0n) is 12.5. The van der Waals surface area contributed by atoms with Crippen LogP contribution in [0.15, 0.2) is 18.2 Å². The summed E-state index contributed by atoms with van der Waals surface area (Å²) in [5.41, 5.74) is 1.85. The molecule has 0 unspecified atom stereocenters. The number of benzene rings is 1. The SMILES string of the molecule is COc1cc(CC(=O)N2CCCC[C@H]2C(=O)O)ccc1C. The molecular formula is C16H21NO4. The van der Waals surface area contributed by atoms with E-state index < -0.39 is 12.0 Å². The summed E-state index contributed by atoms with van der Waals surface area (Å²) in [5.74, 6) is -0.300. The first-order valence-electron chi connectivity index (χ1n) is 7.18. The minimum Gasteiger partial charge on any atom is -0.496 e. The average Bonchev–Trinajstić information content (AvgIpc) is 2.49. The molecule has 1 saturated heterocycles. The number of methoxy groups -OCH3 is 1. The predicted octanol–water partition coefficient (Wildman–Crippen LogP) is 2.01. The summed E-state index contributed by atoms with van der Waals surface area (Å²) < 4.78 is 5.25. The van der Waals surface area contributed by atoms with Gasteiger partial charge in [0.25, 0.3) is 0 Å². The third-order valence-corrected chi connectivity index (χ3v) is 3.94. The summed E-state index contributed by atoms with van der Waals surface area (Å²) in [7, 11) is 1.60. The monoisotopic (exact) mass is 291 g/mol. The van der Waals surface area contributed by atoms with E-state index in [0.29, 0.717) is 13.0 Å². The molecule has 5 heteroatoms. The maximum Gasteiger partial charge on any atom is 0.326 e. The molecule has 21 heavy (non-hydrogen) atoms. The Morgan fingerprint density at radius 3 is 2.81 bits per heavy atom. The van der Waals surface area contributed by atoms with E-state index in [2.05, 4.69) is 0 Å². The number of hydrogen-bond acceptors (Lipinski definition) is 3. The molecule has 0 bridgehead atoms. The van der Waals surface area contributed by atoms with Gasteiger partial charge < -0.3 is 14.7 Å². The van der Waals surface area contributed by atoms with Crippen LogP contribution < -0.4 is 4.74 Å². The molecular weight excluding hydrogens is 270 g/mol. The quantitative estimate of drug-likeness (QED) is 0.921. The molecule has 1 fully saturated rings. The number of carboxylic acids is 1. The molecule has 1 N–H and O–H groups in total. The Bertz CT molecular complexity index is 541. The number of piperidine rings is 1. The van der Waals surface area contributed by atoms with E-state index in [4.69, 9.17) is 4.74 Å². The fraction of sp³-hybridized carbons (Fsp3) is 0.500. The first-order chi connectivity index (χ1) is 10.0. The Hall–Kier alpha value is -2.04. The van der Waals surface area contributed by atoms with E-state index >= 15 is 0 Å². The number of carbonyl (C=O) groups is 2. The highest BCUT2D eigenvalue weighted by Gasteiger charge is 2.31. The summed E-state index contributed by atoms with van der Waals surface area (Å²) in [5, 5.41) is 9.23. The van der Waals surface area contributed by atoms with Gasteiger partial charge in [-0.05, 0) is 43.4 Å². The highest BCUT2D eigenvalue weighted by Crippen LogP contribution is 2.22. The predicted molar refractivity (Wildman–Crippen MR) is 78.4 cm³/mol. The van der Waals surface area contributed by atoms with Gasteiger partial charge >= 0.3 is 5.97 Å². The number of aryl methyl sites for hydroxylation is 1. The lowest BCUT2D eigenvalue weighted by atomic mass is 10.0. The first kappa shape index (κ1) is 15.4. The molecule has 1 aliphatic heterocycles. The molecule has 1 aliphatic rings. The molecule has 0 spiro atoms. The van der Waals surface area contributed by atoms with Crippen molar-refractivity contribution >= 4 is 11.9 Å². The topological polar surface area (TPSA) is 66.8 Å². The van der Waals surface area contributed by atoms with Gasteiger partial charge in [-0.25, -0.2) is 4.79 Å². The van der Waals surface area contributed by atoms with Crippen LogP contribution in [0.1, 0.15) is 30.4 Å². The van der Waals surface area contributed by atoms with Gasteiger partial charge in [0.15, 0.2) is 0 Å². The van der Waals surface area contributed by atoms with Crippen molar-refractivity contribution < 1.29 is 19.4 Å². The van der Waals surface area contributed by atoms with Crippen LogP contribution in [0.5, 0.6) is 5.75 Å². The standard InChI is InChI=1S/C16H21NO4/c1-11-6-7-12(9-14(11)21-2)10-15(18)17-8-4-3-5-13(17)16(19)20/h6-7,9,13H,3-5,8,10H2,1-2H3,(H,19,20)/t13-/m0/s1. The summed E-state index contributed by atoms with van der Waals surface area (Å²) in [4.78, 5) is 25.1. The van der Waals surface area contributed by atoms with Gasteiger partial charge in [0.1, 0.15) is 11.8 Å². The largest absolute Gasteiger partial charge is 0.496 e. The van der Waals surface area contributed by atoms with Crippen LogP contribution in [0.3, 0.4) is 0 Å². The molecule has 0 radical (unpaired) electrons. The summed E-state index contributed by atoms with van der Waals surface area (Å²) >= 11 is 0. The molecule has 1 heterocycles. The number of hydrogen-bond donors (Lipinski definition) is 1. The number of carboxylic acid groups (broad SMARTS) is 1. The third-order valence-electron chi connectivity index (χ3n) is 3.94. The van der Waals surface area contributed by atoms with Crippen LogP contribution in [0, 0.1) is 6.92 Å². The van der Waals surface area contributed by atoms with Crippen LogP contribution >= 0.6 is 0 Å². The van der Waals surface area contributed by atoms with Crippen molar-refractivity contribution in [3.63, 3.8) is 0 Å². The van der Waals surface area contributed by atoms with Crippen molar-refractivity contribution in [3.8, 4) is 5.75 Å². The number of ether oxygens (including phenoxy) is 1. The molecule has 1 atom stereocenters. The summed E-state index contributed by atoms with van der Waals surface area (Å²) in [6.07, 6.45) is 2.48. The smallest absolute Gasteiger partial charge is 0.326 e. The molecule has 5 nitrogen and oxygen atoms in total. The molecule has 114 valence electrons. The van der Waals surface area contributed by atoms with Crippen molar-refractivity contribution in [1.29, 1.82) is 0 Å². The van der Waals surface area contributed by atoms with Gasteiger partial charge in [0.2, 0.25) is 5.91 Å². The van der Waals surface area contributed by atoms with Crippen LogP contribution in [0.25, 0.3) is 0 Å². The van der Waals surface area contributed by atoms with E-state index in [1.165, 1.54) is 4.90 Å². The van der Waals surface area contributed by atoms with Gasteiger partial charge in [-0.3, -0.25) is 4.79 Å². The number of nitrogens with zero attached hydrogens (tertiary/aromatic N) is 1. The highest BCUT2D eigenvalue weighted by atomic mass is 16.5. The maximum absolute atomic E-state index is 12.4. The lowest BCUT2D eigenvalue weighted by Gasteiger charge is -2.33. The lowest BCUT2D eigenvalue weighted by molar-refractivity contribution is -0.151. The third kappa shape index (κ3) is 3.54. The van der Waals surface area contributed by atoms with Crippen molar-refractivity contribution in [3.05, 3.63) is 29.3 Å². The molecule has 0 aromatic heterocycles. The average molecular weight is 291 g/mol. The maximum atomic E-state index is 12.4. The Kier molecular flexibility index (Phi) is 4.83. The van der Waals surface area contributed by atoms with Crippen molar-refractivity contribution in [2.24, 2.45) is 0 Å². The van der Waals surface area contributed by atoms with Crippen LogP contribution in [-0.2, 0) is 16.0 Å². The zero-order valence-corrected chi connectivity index (χ0v) is 12.5. The minimum atomic E-state index is -0.912. The minimum absolute atomic E-state index is 0.131. The Labute approximate surface area is 124 Å². The van der Waals surface area contributed by atoms with Gasteiger partial charge in [-0.2, -0.15) is 0 Å². The van der Waals surface area contributed by atoms with Crippen molar-refractivity contribution in [2.75, 3.05) is 13.7 Å². The van der Waals surface area contributed by atoms with Crippen molar-refractivity contribution in [1.82, 2.24) is 4.90 Å². The van der Waals surface area contributed by atoms with Crippen LogP contribution in [0.2, 0.25) is 0 Å². The van der Waals surface area contributed by atoms with E-state index in [-0.39, 0.29) is 12.3 Å². The zero-order chi connectivity index (χ0) is 15.4. The van der Waals surface area contributed by atoms with Gasteiger partial charge in [-0.15, -0.1) is 0 Å². The molecule has 0 aliphatic carbocycles. The number of aliphatic carboxylic acids is 1. The number of carbonyl (C=O) groups excluding carboxylic acids is 1. The fourth-order valence-electron chi connectivity index (χ4n) is 2.74. The highest BCUT2D eigenvalue weighted by molar-refractivity contribution is 5.85. The molecule has 1 amide bonds. The second-order valence-corrected chi connectivity index (χ2v) is 5.42. The summed E-state index contributed by atoms with van der Waals surface area (Å²) in [6, 6.07) is 4.95. The normalized spacial score (nSPS) is 18.4. The molecule has 1 aromatic carbocycles. The van der Waals surface area contributed by atoms with Gasteiger partial charge in [0.05, 0.1) is 13.5 Å². The second-order valence-electron chi connectivity index (χ2n) is 5.42. The van der Waals surface area contributed by atoms with Crippen molar-refractivity contribution in [2.45, 2.75) is 38.6 Å².